The maximum absolute atomic E-state index is 14.3. The molecular weight excluding hydrogens is 600 g/mol. The van der Waals surface area contributed by atoms with E-state index >= 15 is 0 Å². The Labute approximate surface area is 275 Å². The molecule has 246 valence electrons. The lowest BCUT2D eigenvalue weighted by Crippen LogP contribution is -2.42. The number of amides is 2. The lowest BCUT2D eigenvalue weighted by atomic mass is 9.78. The van der Waals surface area contributed by atoms with E-state index in [0.29, 0.717) is 55.8 Å². The summed E-state index contributed by atoms with van der Waals surface area (Å²) in [5, 5.41) is 12.7. The Morgan fingerprint density at radius 1 is 0.978 bits per heavy atom. The van der Waals surface area contributed by atoms with Crippen molar-refractivity contribution in [3.8, 4) is 16.2 Å². The van der Waals surface area contributed by atoms with Crippen LogP contribution >= 0.6 is 11.3 Å². The van der Waals surface area contributed by atoms with Gasteiger partial charge in [0.2, 0.25) is 5.91 Å². The number of aryl methyl sites for hydroxylation is 1. The second kappa shape index (κ2) is 14.9. The molecule has 2 amide bonds. The topological polar surface area (TPSA) is 114 Å². The zero-order chi connectivity index (χ0) is 32.0. The van der Waals surface area contributed by atoms with Gasteiger partial charge in [-0.2, -0.15) is 0 Å². The largest absolute Gasteiger partial charge is 0.496 e. The van der Waals surface area contributed by atoms with Gasteiger partial charge in [0, 0.05) is 37.3 Å². The highest BCUT2D eigenvalue weighted by molar-refractivity contribution is 7.15. The molecule has 3 aromatic rings. The van der Waals surface area contributed by atoms with E-state index in [0.717, 1.165) is 41.9 Å². The molecule has 0 radical (unpaired) electrons. The van der Waals surface area contributed by atoms with Gasteiger partial charge < -0.3 is 19.9 Å². The van der Waals surface area contributed by atoms with E-state index in [1.165, 1.54) is 29.0 Å². The summed E-state index contributed by atoms with van der Waals surface area (Å²) < 4.78 is 11.0. The summed E-state index contributed by atoms with van der Waals surface area (Å²) in [6.07, 6.45) is 12.4. The number of aliphatic hydroxyl groups is 1. The van der Waals surface area contributed by atoms with Crippen LogP contribution in [0.25, 0.3) is 10.4 Å². The van der Waals surface area contributed by atoms with Crippen LogP contribution in [0.2, 0.25) is 0 Å². The first-order chi connectivity index (χ1) is 22.4. The highest BCUT2D eigenvalue weighted by atomic mass is 32.1. The molecule has 9 nitrogen and oxygen atoms in total. The van der Waals surface area contributed by atoms with Crippen LogP contribution in [0.4, 0.5) is 10.6 Å². The number of carbonyl (C=O) groups excluding carboxylic acids is 2. The average Bonchev–Trinajstić information content (AvgIpc) is 3.82. The van der Waals surface area contributed by atoms with Gasteiger partial charge in [-0.25, -0.2) is 14.8 Å². The first-order valence-corrected chi connectivity index (χ1v) is 17.7. The summed E-state index contributed by atoms with van der Waals surface area (Å²) in [4.78, 5) is 38.8. The van der Waals surface area contributed by atoms with Crippen molar-refractivity contribution in [2.45, 2.75) is 89.1 Å². The fourth-order valence-corrected chi connectivity index (χ4v) is 8.13. The van der Waals surface area contributed by atoms with Gasteiger partial charge >= 0.3 is 6.09 Å². The number of ether oxygens (including phenoxy) is 2. The number of aromatic nitrogens is 2. The number of rotatable bonds is 11. The number of hydrogen-bond acceptors (Lipinski definition) is 8. The van der Waals surface area contributed by atoms with Gasteiger partial charge in [0.15, 0.2) is 0 Å². The van der Waals surface area contributed by atoms with E-state index in [1.54, 1.807) is 18.4 Å². The molecule has 0 aliphatic heterocycles. The number of pyridine rings is 1. The normalized spacial score (nSPS) is 23.0. The predicted molar refractivity (Wildman–Crippen MR) is 179 cm³/mol. The summed E-state index contributed by atoms with van der Waals surface area (Å²) in [5.41, 5.74) is 3.59. The number of hydrogen-bond donors (Lipinski definition) is 2. The van der Waals surface area contributed by atoms with Gasteiger partial charge in [0.05, 0.1) is 23.6 Å². The Kier molecular flexibility index (Phi) is 10.5. The van der Waals surface area contributed by atoms with Gasteiger partial charge in [-0.05, 0) is 118 Å². The van der Waals surface area contributed by atoms with Crippen molar-refractivity contribution in [1.29, 1.82) is 0 Å². The maximum atomic E-state index is 14.3. The first-order valence-electron chi connectivity index (χ1n) is 16.8. The molecule has 46 heavy (non-hydrogen) atoms. The summed E-state index contributed by atoms with van der Waals surface area (Å²) >= 11 is 1.75. The summed E-state index contributed by atoms with van der Waals surface area (Å²) in [6, 6.07) is 10.6. The first kappa shape index (κ1) is 32.4. The number of methoxy groups -OCH3 is 1. The minimum Gasteiger partial charge on any atom is -0.496 e. The van der Waals surface area contributed by atoms with E-state index < -0.39 is 6.09 Å². The van der Waals surface area contributed by atoms with E-state index in [2.05, 4.69) is 41.5 Å². The van der Waals surface area contributed by atoms with Crippen molar-refractivity contribution in [1.82, 2.24) is 15.3 Å². The molecule has 3 saturated carbocycles. The Morgan fingerprint density at radius 2 is 1.74 bits per heavy atom. The third kappa shape index (κ3) is 7.89. The molecule has 6 rings (SSSR count). The Morgan fingerprint density at radius 3 is 2.43 bits per heavy atom. The van der Waals surface area contributed by atoms with E-state index in [4.69, 9.17) is 19.6 Å². The molecule has 0 saturated heterocycles. The number of benzene rings is 1. The molecule has 3 aliphatic rings. The number of nitrogens with zero attached hydrogens (tertiary/aromatic N) is 3. The maximum Gasteiger partial charge on any atom is 0.407 e. The van der Waals surface area contributed by atoms with Gasteiger partial charge in [0.25, 0.3) is 0 Å². The zero-order valence-electron chi connectivity index (χ0n) is 27.0. The van der Waals surface area contributed by atoms with Gasteiger partial charge in [-0.15, -0.1) is 11.3 Å². The van der Waals surface area contributed by atoms with Crippen LogP contribution in [0.5, 0.6) is 5.75 Å². The number of thiazole rings is 1. The SMILES string of the molecule is COc1ccc(C2CCC(CN(C(=O)C3CCC(OC(=O)NCCO)CC3)c3cc(-c4cnc(C5CC5)s4)ccn3)CC2)cc1C. The van der Waals surface area contributed by atoms with Crippen molar-refractivity contribution in [2.24, 2.45) is 11.8 Å². The molecule has 2 aromatic heterocycles. The van der Waals surface area contributed by atoms with Crippen molar-refractivity contribution >= 4 is 29.2 Å². The highest BCUT2D eigenvalue weighted by Gasteiger charge is 2.34. The minimum absolute atomic E-state index is 0.115. The Bertz CT molecular complexity index is 1490. The van der Waals surface area contributed by atoms with Gasteiger partial charge in [-0.1, -0.05) is 12.1 Å². The van der Waals surface area contributed by atoms with Crippen LogP contribution in [0, 0.1) is 18.8 Å². The van der Waals surface area contributed by atoms with Crippen LogP contribution < -0.4 is 15.0 Å². The van der Waals surface area contributed by atoms with Crippen LogP contribution in [0.1, 0.15) is 92.2 Å². The third-order valence-corrected chi connectivity index (χ3v) is 11.1. The molecule has 10 heteroatoms. The van der Waals surface area contributed by atoms with Crippen LogP contribution in [-0.2, 0) is 9.53 Å². The van der Waals surface area contributed by atoms with Crippen LogP contribution in [0.15, 0.2) is 42.7 Å². The standard InChI is InChI=1S/C36H46N4O5S/c1-23-19-28(11-14-31(23)44-2)25-5-3-24(4-6-25)22-40(35(42)27-9-12-30(13-10-27)45-36(43)38-17-18-41)33-20-29(15-16-37-33)32-21-39-34(46-32)26-7-8-26/h11,14-16,19-21,24-27,30,41H,3-10,12-13,17-18,22H2,1-2H3,(H,38,43). The monoisotopic (exact) mass is 646 g/mol. The Balaban J connectivity index is 1.15. The lowest BCUT2D eigenvalue weighted by Gasteiger charge is -2.35. The van der Waals surface area contributed by atoms with E-state index in [9.17, 15) is 9.59 Å². The molecule has 2 N–H and O–H groups in total. The zero-order valence-corrected chi connectivity index (χ0v) is 27.8. The van der Waals surface area contributed by atoms with Crippen molar-refractivity contribution in [2.75, 3.05) is 31.7 Å². The Hall–Kier alpha value is -3.50. The molecule has 0 bridgehead atoms. The quantitative estimate of drug-likeness (QED) is 0.231. The number of anilines is 1. The predicted octanol–water partition coefficient (Wildman–Crippen LogP) is 6.98. The number of carbonyl (C=O) groups is 2. The molecular formula is C36H46N4O5S. The summed E-state index contributed by atoms with van der Waals surface area (Å²) in [7, 11) is 1.71. The number of alkyl carbamates (subject to hydrolysis) is 1. The number of aliphatic hydroxyl groups excluding tert-OH is 1. The van der Waals surface area contributed by atoms with Gasteiger partial charge in [-0.3, -0.25) is 9.69 Å². The smallest absolute Gasteiger partial charge is 0.407 e. The van der Waals surface area contributed by atoms with Gasteiger partial charge in [0.1, 0.15) is 17.7 Å². The van der Waals surface area contributed by atoms with Crippen LogP contribution in [0.3, 0.4) is 0 Å². The fourth-order valence-electron chi connectivity index (χ4n) is 7.05. The van der Waals surface area contributed by atoms with Crippen LogP contribution in [-0.4, -0.2) is 60.0 Å². The highest BCUT2D eigenvalue weighted by Crippen LogP contribution is 2.44. The van der Waals surface area contributed by atoms with Crippen molar-refractivity contribution < 1.29 is 24.2 Å². The summed E-state index contributed by atoms with van der Waals surface area (Å²) in [5.74, 6) is 3.12. The molecule has 2 heterocycles. The average molecular weight is 647 g/mol. The molecule has 1 aromatic carbocycles. The van der Waals surface area contributed by atoms with E-state index in [-0.39, 0.29) is 31.1 Å². The fraction of sp³-hybridized carbons (Fsp3) is 0.556. The van der Waals surface area contributed by atoms with Crippen molar-refractivity contribution in [3.05, 3.63) is 58.9 Å². The molecule has 3 aliphatic carbocycles. The van der Waals surface area contributed by atoms with E-state index in [1.807, 2.05) is 23.4 Å². The molecule has 0 spiro atoms. The minimum atomic E-state index is -0.514. The molecule has 0 unspecified atom stereocenters. The lowest BCUT2D eigenvalue weighted by molar-refractivity contribution is -0.124. The molecule has 3 fully saturated rings. The second-order valence-corrected chi connectivity index (χ2v) is 14.2. The number of nitrogens with one attached hydrogen (secondary N) is 1. The second-order valence-electron chi connectivity index (χ2n) is 13.2. The van der Waals surface area contributed by atoms with Crippen molar-refractivity contribution in [3.63, 3.8) is 0 Å². The summed E-state index contributed by atoms with van der Waals surface area (Å²) in [6.45, 7) is 2.79. The molecule has 0 atom stereocenters. The third-order valence-electron chi connectivity index (χ3n) is 9.88.